The molecule has 50 heavy (non-hydrogen) atoms. The first-order chi connectivity index (χ1) is 24.0. The Labute approximate surface area is 298 Å². The number of ether oxygens (including phenoxy) is 4. The lowest BCUT2D eigenvalue weighted by molar-refractivity contribution is 0.0111. The molecular weight excluding hydrogens is 636 g/mol. The summed E-state index contributed by atoms with van der Waals surface area (Å²) in [6.07, 6.45) is 8.80. The Hall–Kier alpha value is -4.09. The molecule has 0 spiro atoms. The molecule has 1 N–H and O–H groups in total. The van der Waals surface area contributed by atoms with Crippen molar-refractivity contribution in [2.75, 3.05) is 60.1 Å². The van der Waals surface area contributed by atoms with Crippen LogP contribution in [0.4, 0.5) is 11.4 Å². The highest BCUT2D eigenvalue weighted by molar-refractivity contribution is 6.01. The zero-order chi connectivity index (χ0) is 37.0. The Morgan fingerprint density at radius 2 is 1.74 bits per heavy atom. The van der Waals surface area contributed by atoms with E-state index in [0.29, 0.717) is 53.1 Å². The molecule has 276 valence electrons. The van der Waals surface area contributed by atoms with Gasteiger partial charge in [-0.25, -0.2) is 0 Å². The van der Waals surface area contributed by atoms with Gasteiger partial charge in [0.1, 0.15) is 12.0 Å². The zero-order valence-corrected chi connectivity index (χ0v) is 31.7. The quantitative estimate of drug-likeness (QED) is 0.147. The Morgan fingerprint density at radius 3 is 2.36 bits per heavy atom. The van der Waals surface area contributed by atoms with Crippen molar-refractivity contribution in [3.05, 3.63) is 53.2 Å². The van der Waals surface area contributed by atoms with Crippen LogP contribution in [-0.4, -0.2) is 106 Å². The zero-order valence-electron chi connectivity index (χ0n) is 31.7. The fraction of sp³-hybridized carbons (Fsp3) is 0.564. The van der Waals surface area contributed by atoms with Crippen molar-refractivity contribution in [3.63, 3.8) is 0 Å². The van der Waals surface area contributed by atoms with Gasteiger partial charge in [-0.1, -0.05) is 26.3 Å². The van der Waals surface area contributed by atoms with Crippen LogP contribution in [0.2, 0.25) is 0 Å². The van der Waals surface area contributed by atoms with Crippen LogP contribution in [0.5, 0.6) is 17.2 Å². The second-order valence-electron chi connectivity index (χ2n) is 13.2. The minimum Gasteiger partial charge on any atom is -0.497 e. The van der Waals surface area contributed by atoms with Crippen LogP contribution in [0.15, 0.2) is 47.1 Å². The number of anilines is 1. The third-order valence-electron chi connectivity index (χ3n) is 9.41. The summed E-state index contributed by atoms with van der Waals surface area (Å²) in [6.45, 7) is 12.2. The highest BCUT2D eigenvalue weighted by Gasteiger charge is 2.52. The Balaban J connectivity index is 0.000000264. The SMILES string of the molecule is CC.COCCCCCOc1cc(N=CC2CC(C)=CN2C)c(C=O)cc1OC.COc1ccc2c(c1)C(=O)N1CC(C)CC1(C)C(O)N2C. The van der Waals surface area contributed by atoms with Gasteiger partial charge in [0.15, 0.2) is 17.8 Å². The van der Waals surface area contributed by atoms with Gasteiger partial charge in [0.2, 0.25) is 0 Å². The van der Waals surface area contributed by atoms with E-state index < -0.39 is 11.8 Å². The number of benzene rings is 2. The van der Waals surface area contributed by atoms with Crippen molar-refractivity contribution >= 4 is 29.8 Å². The second kappa shape index (κ2) is 18.8. The maximum absolute atomic E-state index is 13.0. The second-order valence-corrected chi connectivity index (χ2v) is 13.2. The van der Waals surface area contributed by atoms with Crippen molar-refractivity contribution in [1.82, 2.24) is 9.80 Å². The molecule has 5 rings (SSSR count). The Bertz CT molecular complexity index is 1500. The summed E-state index contributed by atoms with van der Waals surface area (Å²) in [7, 11) is 8.73. The summed E-state index contributed by atoms with van der Waals surface area (Å²) < 4.78 is 21.5. The normalized spacial score (nSPS) is 22.5. The van der Waals surface area contributed by atoms with E-state index in [2.05, 4.69) is 29.9 Å². The Morgan fingerprint density at radius 1 is 1.02 bits per heavy atom. The van der Waals surface area contributed by atoms with Crippen molar-refractivity contribution < 1.29 is 33.6 Å². The summed E-state index contributed by atoms with van der Waals surface area (Å²) >= 11 is 0. The predicted octanol–water partition coefficient (Wildman–Crippen LogP) is 6.74. The maximum atomic E-state index is 13.0. The van der Waals surface area contributed by atoms with Crippen LogP contribution in [0.3, 0.4) is 0 Å². The number of aliphatic imine (C=N–C) groups is 1. The first kappa shape index (κ1) is 40.3. The van der Waals surface area contributed by atoms with Gasteiger partial charge in [0, 0.05) is 52.2 Å². The number of carbonyl (C=O) groups is 2. The highest BCUT2D eigenvalue weighted by Crippen LogP contribution is 2.43. The lowest BCUT2D eigenvalue weighted by Crippen LogP contribution is -2.56. The van der Waals surface area contributed by atoms with Crippen molar-refractivity contribution in [2.24, 2.45) is 10.9 Å². The van der Waals surface area contributed by atoms with Gasteiger partial charge in [-0.05, 0) is 82.3 Å². The van der Waals surface area contributed by atoms with Gasteiger partial charge in [0.25, 0.3) is 5.91 Å². The number of aliphatic hydroxyl groups excluding tert-OH is 1. The van der Waals surface area contributed by atoms with Gasteiger partial charge in [0.05, 0.1) is 49.3 Å². The lowest BCUT2D eigenvalue weighted by Gasteiger charge is -2.40. The number of aldehydes is 1. The van der Waals surface area contributed by atoms with Gasteiger partial charge >= 0.3 is 0 Å². The molecule has 2 aromatic rings. The number of likely N-dealkylation sites (N-methyl/N-ethyl adjacent to an activating group) is 1. The van der Waals surface area contributed by atoms with Gasteiger partial charge < -0.3 is 38.8 Å². The minimum absolute atomic E-state index is 0.0286. The van der Waals surface area contributed by atoms with Gasteiger partial charge in [-0.2, -0.15) is 0 Å². The van der Waals surface area contributed by atoms with E-state index in [0.717, 1.165) is 50.7 Å². The minimum atomic E-state index is -0.721. The summed E-state index contributed by atoms with van der Waals surface area (Å²) in [6, 6.07) is 9.08. The fourth-order valence-electron chi connectivity index (χ4n) is 6.82. The van der Waals surface area contributed by atoms with Crippen molar-refractivity contribution in [1.29, 1.82) is 0 Å². The van der Waals surface area contributed by atoms with Gasteiger partial charge in [-0.15, -0.1) is 0 Å². The monoisotopic (exact) mass is 694 g/mol. The van der Waals surface area contributed by atoms with E-state index in [1.54, 1.807) is 44.4 Å². The van der Waals surface area contributed by atoms with Crippen LogP contribution < -0.4 is 19.1 Å². The smallest absolute Gasteiger partial charge is 0.256 e. The molecule has 2 aromatic carbocycles. The van der Waals surface area contributed by atoms with Crippen molar-refractivity contribution in [2.45, 2.75) is 84.5 Å². The summed E-state index contributed by atoms with van der Waals surface area (Å²) in [5.41, 5.74) is 3.18. The summed E-state index contributed by atoms with van der Waals surface area (Å²) in [5.74, 6) is 2.16. The molecule has 0 radical (unpaired) electrons. The van der Waals surface area contributed by atoms with Crippen LogP contribution in [0, 0.1) is 5.92 Å². The lowest BCUT2D eigenvalue weighted by atomic mass is 9.92. The average molecular weight is 695 g/mol. The number of hydrogen-bond acceptors (Lipinski definition) is 10. The van der Waals surface area contributed by atoms with E-state index in [1.165, 1.54) is 5.57 Å². The molecule has 3 aliphatic heterocycles. The average Bonchev–Trinajstić information content (AvgIpc) is 3.62. The summed E-state index contributed by atoms with van der Waals surface area (Å²) in [4.78, 5) is 34.7. The number of carbonyl (C=O) groups excluding carboxylic acids is 2. The molecule has 11 heteroatoms. The number of methoxy groups -OCH3 is 3. The number of hydrogen-bond donors (Lipinski definition) is 1. The molecule has 0 saturated carbocycles. The molecule has 3 aliphatic rings. The first-order valence-electron chi connectivity index (χ1n) is 17.6. The van der Waals surface area contributed by atoms with Crippen molar-refractivity contribution in [3.8, 4) is 17.2 Å². The standard InChI is InChI=1S/C21H30N2O4.C16H22N2O3.C2H6/c1-16-10-18(23(2)14-16)13-22-19-12-21(20(26-4)11-17(19)15-24)27-9-7-5-6-8-25-3;1-10-8-16(2)15(20)17(3)13-6-5-11(21-4)7-12(13)14(19)18(16)9-10;1-2/h11-15,18H,5-10H2,1-4H3;5-7,10,15,20H,8-9H2,1-4H3;1-2H3. The molecule has 11 nitrogen and oxygen atoms in total. The molecule has 1 saturated heterocycles. The fourth-order valence-corrected chi connectivity index (χ4v) is 6.82. The number of unbranched alkanes of at least 4 members (excludes halogenated alkanes) is 2. The van der Waals surface area contributed by atoms with Crippen LogP contribution in [-0.2, 0) is 4.74 Å². The third kappa shape index (κ3) is 9.37. The largest absolute Gasteiger partial charge is 0.497 e. The number of rotatable bonds is 12. The highest BCUT2D eigenvalue weighted by atomic mass is 16.5. The van der Waals surface area contributed by atoms with Crippen LogP contribution in [0.1, 0.15) is 87.4 Å². The molecule has 1 amide bonds. The third-order valence-corrected chi connectivity index (χ3v) is 9.41. The van der Waals surface area contributed by atoms with E-state index in [1.807, 2.05) is 58.1 Å². The maximum Gasteiger partial charge on any atom is 0.256 e. The number of amides is 1. The van der Waals surface area contributed by atoms with E-state index in [9.17, 15) is 14.7 Å². The predicted molar refractivity (Wildman–Crippen MR) is 200 cm³/mol. The van der Waals surface area contributed by atoms with Crippen LogP contribution in [0.25, 0.3) is 0 Å². The Kier molecular flexibility index (Phi) is 15.1. The van der Waals surface area contributed by atoms with E-state index in [4.69, 9.17) is 18.9 Å². The topological polar surface area (TPSA) is 113 Å². The van der Waals surface area contributed by atoms with Gasteiger partial charge in [-0.3, -0.25) is 14.6 Å². The number of fused-ring (bicyclic) bond motifs is 2. The molecule has 1 fully saturated rings. The molecule has 0 aromatic heterocycles. The molecule has 4 unspecified atom stereocenters. The van der Waals surface area contributed by atoms with E-state index >= 15 is 0 Å². The molecular formula is C39H58N4O7. The molecule has 0 bridgehead atoms. The number of aliphatic hydroxyl groups is 1. The van der Waals surface area contributed by atoms with E-state index in [-0.39, 0.29) is 11.9 Å². The molecule has 0 aliphatic carbocycles. The number of nitrogens with zero attached hydrogens (tertiary/aromatic N) is 4. The molecule has 3 heterocycles. The molecule has 4 atom stereocenters. The first-order valence-corrected chi connectivity index (χ1v) is 17.6. The summed E-state index contributed by atoms with van der Waals surface area (Å²) in [5, 5.41) is 10.8. The van der Waals surface area contributed by atoms with Crippen LogP contribution >= 0.6 is 0 Å².